The van der Waals surface area contributed by atoms with Gasteiger partial charge in [0, 0.05) is 11.8 Å². The van der Waals surface area contributed by atoms with Gasteiger partial charge in [0.2, 0.25) is 11.7 Å². The van der Waals surface area contributed by atoms with Gasteiger partial charge in [0.05, 0.1) is 34.0 Å². The SMILES string of the molecule is COC(=O)c1cccc(NC(=O)C=Cc2cc(OC)c(OC)c(OC)c2)c1. The Labute approximate surface area is 157 Å². The first-order valence-electron chi connectivity index (χ1n) is 7.99. The number of carbonyl (C=O) groups is 2. The Morgan fingerprint density at radius 1 is 0.926 bits per heavy atom. The van der Waals surface area contributed by atoms with E-state index < -0.39 is 5.97 Å². The van der Waals surface area contributed by atoms with Crippen LogP contribution in [0.3, 0.4) is 0 Å². The Balaban J connectivity index is 2.16. The number of amides is 1. The van der Waals surface area contributed by atoms with Gasteiger partial charge in [0.1, 0.15) is 0 Å². The molecular formula is C20H21NO6. The fourth-order valence-electron chi connectivity index (χ4n) is 2.40. The molecule has 2 rings (SSSR count). The molecule has 27 heavy (non-hydrogen) atoms. The summed E-state index contributed by atoms with van der Waals surface area (Å²) >= 11 is 0. The number of ether oxygens (including phenoxy) is 4. The highest BCUT2D eigenvalue weighted by Gasteiger charge is 2.12. The Morgan fingerprint density at radius 3 is 2.15 bits per heavy atom. The molecule has 142 valence electrons. The maximum Gasteiger partial charge on any atom is 0.337 e. The van der Waals surface area contributed by atoms with Gasteiger partial charge < -0.3 is 24.3 Å². The third-order valence-corrected chi connectivity index (χ3v) is 3.67. The summed E-state index contributed by atoms with van der Waals surface area (Å²) in [5, 5.41) is 2.69. The van der Waals surface area contributed by atoms with Crippen LogP contribution < -0.4 is 19.5 Å². The fourth-order valence-corrected chi connectivity index (χ4v) is 2.40. The van der Waals surface area contributed by atoms with Gasteiger partial charge in [-0.05, 0) is 42.0 Å². The minimum Gasteiger partial charge on any atom is -0.493 e. The first-order valence-corrected chi connectivity index (χ1v) is 7.99. The lowest BCUT2D eigenvalue weighted by Gasteiger charge is -2.12. The summed E-state index contributed by atoms with van der Waals surface area (Å²) in [4.78, 5) is 23.7. The van der Waals surface area contributed by atoms with Crippen molar-refractivity contribution in [2.75, 3.05) is 33.8 Å². The van der Waals surface area contributed by atoms with Crippen LogP contribution in [-0.4, -0.2) is 40.3 Å². The van der Waals surface area contributed by atoms with E-state index in [0.717, 1.165) is 0 Å². The molecule has 0 spiro atoms. The summed E-state index contributed by atoms with van der Waals surface area (Å²) < 4.78 is 20.5. The largest absolute Gasteiger partial charge is 0.493 e. The van der Waals surface area contributed by atoms with Gasteiger partial charge in [0.15, 0.2) is 11.5 Å². The molecule has 1 N–H and O–H groups in total. The lowest BCUT2D eigenvalue weighted by atomic mass is 10.1. The Kier molecular flexibility index (Phi) is 6.82. The van der Waals surface area contributed by atoms with Gasteiger partial charge in [0.25, 0.3) is 0 Å². The summed E-state index contributed by atoms with van der Waals surface area (Å²) in [6.07, 6.45) is 2.98. The number of methoxy groups -OCH3 is 4. The van der Waals surface area contributed by atoms with Crippen molar-refractivity contribution >= 4 is 23.6 Å². The number of esters is 1. The Hall–Kier alpha value is -3.48. The standard InChI is InChI=1S/C20H21NO6/c1-24-16-10-13(11-17(25-2)19(16)26-3)8-9-18(22)21-15-7-5-6-14(12-15)20(23)27-4/h5-12H,1-4H3,(H,21,22). The normalized spacial score (nSPS) is 10.4. The second-order valence-corrected chi connectivity index (χ2v) is 5.35. The molecule has 1 amide bonds. The minimum absolute atomic E-state index is 0.351. The highest BCUT2D eigenvalue weighted by atomic mass is 16.5. The van der Waals surface area contributed by atoms with Crippen molar-refractivity contribution in [3.63, 3.8) is 0 Å². The van der Waals surface area contributed by atoms with Crippen molar-refractivity contribution in [1.82, 2.24) is 0 Å². The van der Waals surface area contributed by atoms with Crippen LogP contribution in [0.25, 0.3) is 6.08 Å². The van der Waals surface area contributed by atoms with E-state index in [-0.39, 0.29) is 5.91 Å². The average Bonchev–Trinajstić information content (AvgIpc) is 2.70. The van der Waals surface area contributed by atoms with Crippen LogP contribution in [0.2, 0.25) is 0 Å². The number of nitrogens with one attached hydrogen (secondary N) is 1. The van der Waals surface area contributed by atoms with Gasteiger partial charge in [-0.1, -0.05) is 6.07 Å². The smallest absolute Gasteiger partial charge is 0.337 e. The monoisotopic (exact) mass is 371 g/mol. The summed E-state index contributed by atoms with van der Waals surface area (Å²) in [6.45, 7) is 0. The van der Waals surface area contributed by atoms with E-state index in [0.29, 0.717) is 34.1 Å². The second kappa shape index (κ2) is 9.28. The highest BCUT2D eigenvalue weighted by molar-refractivity contribution is 6.02. The zero-order chi connectivity index (χ0) is 19.8. The summed E-state index contributed by atoms with van der Waals surface area (Å²) in [5.74, 6) is 0.622. The molecule has 0 heterocycles. The van der Waals surface area contributed by atoms with Crippen molar-refractivity contribution < 1.29 is 28.5 Å². The molecule has 0 fully saturated rings. The van der Waals surface area contributed by atoms with E-state index in [1.54, 1.807) is 36.4 Å². The van der Waals surface area contributed by atoms with Crippen LogP contribution in [0.4, 0.5) is 5.69 Å². The summed E-state index contributed by atoms with van der Waals surface area (Å²) in [6, 6.07) is 9.93. The van der Waals surface area contributed by atoms with Crippen molar-refractivity contribution in [1.29, 1.82) is 0 Å². The average molecular weight is 371 g/mol. The van der Waals surface area contributed by atoms with Crippen LogP contribution in [0.15, 0.2) is 42.5 Å². The highest BCUT2D eigenvalue weighted by Crippen LogP contribution is 2.38. The first-order chi connectivity index (χ1) is 13.0. The van der Waals surface area contributed by atoms with Crippen LogP contribution >= 0.6 is 0 Å². The van der Waals surface area contributed by atoms with Crippen LogP contribution in [0.5, 0.6) is 17.2 Å². The number of hydrogen-bond donors (Lipinski definition) is 1. The van der Waals surface area contributed by atoms with Crippen molar-refractivity contribution in [2.24, 2.45) is 0 Å². The molecule has 7 heteroatoms. The number of anilines is 1. The maximum atomic E-state index is 12.2. The maximum absolute atomic E-state index is 12.2. The van der Waals surface area contributed by atoms with Crippen molar-refractivity contribution in [2.45, 2.75) is 0 Å². The molecule has 0 aliphatic carbocycles. The molecule has 0 saturated heterocycles. The van der Waals surface area contributed by atoms with Crippen molar-refractivity contribution in [3.05, 3.63) is 53.6 Å². The Morgan fingerprint density at radius 2 is 1.59 bits per heavy atom. The molecule has 2 aromatic rings. The van der Waals surface area contributed by atoms with E-state index >= 15 is 0 Å². The first kappa shape index (κ1) is 19.8. The van der Waals surface area contributed by atoms with Gasteiger partial charge in [-0.3, -0.25) is 4.79 Å². The molecule has 2 aromatic carbocycles. The zero-order valence-electron chi connectivity index (χ0n) is 15.6. The number of hydrogen-bond acceptors (Lipinski definition) is 6. The zero-order valence-corrected chi connectivity index (χ0v) is 15.6. The lowest BCUT2D eigenvalue weighted by Crippen LogP contribution is -2.09. The number of carbonyl (C=O) groups excluding carboxylic acids is 2. The molecule has 0 radical (unpaired) electrons. The van der Waals surface area contributed by atoms with E-state index in [1.807, 2.05) is 0 Å². The number of rotatable bonds is 7. The topological polar surface area (TPSA) is 83.1 Å². The third kappa shape index (κ3) is 5.01. The van der Waals surface area contributed by atoms with E-state index in [2.05, 4.69) is 10.1 Å². The summed E-state index contributed by atoms with van der Waals surface area (Å²) in [7, 11) is 5.86. The van der Waals surface area contributed by atoms with Gasteiger partial charge >= 0.3 is 5.97 Å². The minimum atomic E-state index is -0.473. The fraction of sp³-hybridized carbons (Fsp3) is 0.200. The molecule has 0 unspecified atom stereocenters. The molecule has 0 aliphatic heterocycles. The second-order valence-electron chi connectivity index (χ2n) is 5.35. The molecule has 0 aliphatic rings. The van der Waals surface area contributed by atoms with E-state index in [1.165, 1.54) is 40.6 Å². The quantitative estimate of drug-likeness (QED) is 0.595. The molecule has 0 aromatic heterocycles. The lowest BCUT2D eigenvalue weighted by molar-refractivity contribution is -0.111. The Bertz CT molecular complexity index is 834. The third-order valence-electron chi connectivity index (χ3n) is 3.67. The molecule has 7 nitrogen and oxygen atoms in total. The van der Waals surface area contributed by atoms with Crippen LogP contribution in [-0.2, 0) is 9.53 Å². The van der Waals surface area contributed by atoms with E-state index in [4.69, 9.17) is 14.2 Å². The van der Waals surface area contributed by atoms with Crippen LogP contribution in [0.1, 0.15) is 15.9 Å². The molecule has 0 bridgehead atoms. The predicted molar refractivity (Wildman–Crippen MR) is 102 cm³/mol. The molecule has 0 atom stereocenters. The summed E-state index contributed by atoms with van der Waals surface area (Å²) in [5.41, 5.74) is 1.53. The van der Waals surface area contributed by atoms with Gasteiger partial charge in [-0.25, -0.2) is 4.79 Å². The van der Waals surface area contributed by atoms with Gasteiger partial charge in [-0.2, -0.15) is 0 Å². The predicted octanol–water partition coefficient (Wildman–Crippen LogP) is 3.15. The van der Waals surface area contributed by atoms with E-state index in [9.17, 15) is 9.59 Å². The van der Waals surface area contributed by atoms with Gasteiger partial charge in [-0.15, -0.1) is 0 Å². The molecule has 0 saturated carbocycles. The number of benzene rings is 2. The van der Waals surface area contributed by atoms with Crippen LogP contribution in [0, 0.1) is 0 Å². The van der Waals surface area contributed by atoms with Crippen molar-refractivity contribution in [3.8, 4) is 17.2 Å². The molecular weight excluding hydrogens is 350 g/mol.